The standard InChI is InChI=1S/C29H40N3OSi/c1-28(2,3)22-14-18-25(19-15-22)34(24-10-8-7-9-11-24)33-23-16-12-21(13-17-23)26-20-27(30)32(31-26)29(4,5)6/h7-11,14-15,18-21,23H,12-13,16-17,30H2,1-6H3. The van der Waals surface area contributed by atoms with Gasteiger partial charge >= 0.3 is 0 Å². The van der Waals surface area contributed by atoms with Gasteiger partial charge in [0.05, 0.1) is 11.2 Å². The number of rotatable bonds is 5. The smallest absolute Gasteiger partial charge is 0.283 e. The third-order valence-corrected chi connectivity index (χ3v) is 9.10. The van der Waals surface area contributed by atoms with E-state index in [1.54, 1.807) is 0 Å². The lowest BCUT2D eigenvalue weighted by atomic mass is 9.85. The summed E-state index contributed by atoms with van der Waals surface area (Å²) in [7, 11) is -1.30. The summed E-state index contributed by atoms with van der Waals surface area (Å²) in [5.74, 6) is 1.22. The van der Waals surface area contributed by atoms with Gasteiger partial charge in [0.1, 0.15) is 5.82 Å². The second-order valence-electron chi connectivity index (χ2n) is 11.7. The molecule has 2 N–H and O–H groups in total. The van der Waals surface area contributed by atoms with E-state index in [4.69, 9.17) is 15.3 Å². The van der Waals surface area contributed by atoms with Crippen LogP contribution in [0.15, 0.2) is 60.7 Å². The van der Waals surface area contributed by atoms with Crippen LogP contribution in [-0.2, 0) is 15.4 Å². The van der Waals surface area contributed by atoms with Crippen molar-refractivity contribution < 1.29 is 4.43 Å². The fourth-order valence-corrected chi connectivity index (χ4v) is 6.95. The molecule has 0 amide bonds. The zero-order valence-corrected chi connectivity index (χ0v) is 22.6. The summed E-state index contributed by atoms with van der Waals surface area (Å²) in [6.07, 6.45) is 4.60. The predicted molar refractivity (Wildman–Crippen MR) is 144 cm³/mol. The van der Waals surface area contributed by atoms with E-state index in [0.717, 1.165) is 37.2 Å². The Bertz CT molecular complexity index is 1070. The molecule has 0 aliphatic heterocycles. The highest BCUT2D eigenvalue weighted by Crippen LogP contribution is 2.35. The molecule has 1 aliphatic rings. The molecule has 3 aromatic rings. The Kier molecular flexibility index (Phi) is 7.06. The van der Waals surface area contributed by atoms with E-state index in [1.165, 1.54) is 15.9 Å². The van der Waals surface area contributed by atoms with Gasteiger partial charge in [-0.25, -0.2) is 4.68 Å². The normalized spacial score (nSPS) is 19.5. The molecule has 0 unspecified atom stereocenters. The fraction of sp³-hybridized carbons (Fsp3) is 0.483. The van der Waals surface area contributed by atoms with Crippen LogP contribution < -0.4 is 16.1 Å². The van der Waals surface area contributed by atoms with E-state index in [2.05, 4.69) is 102 Å². The second-order valence-corrected chi connectivity index (χ2v) is 13.7. The third-order valence-electron chi connectivity index (χ3n) is 6.82. The first-order valence-corrected chi connectivity index (χ1v) is 14.0. The lowest BCUT2D eigenvalue weighted by molar-refractivity contribution is 0.150. The van der Waals surface area contributed by atoms with Crippen molar-refractivity contribution in [2.75, 3.05) is 5.73 Å². The number of nitrogens with zero attached hydrogens (tertiary/aromatic N) is 2. The Morgan fingerprint density at radius 3 is 1.97 bits per heavy atom. The molecule has 0 bridgehead atoms. The lowest BCUT2D eigenvalue weighted by Gasteiger charge is -2.31. The quantitative estimate of drug-likeness (QED) is 0.506. The van der Waals surface area contributed by atoms with Crippen molar-refractivity contribution in [3.05, 3.63) is 71.9 Å². The molecule has 4 nitrogen and oxygen atoms in total. The summed E-state index contributed by atoms with van der Waals surface area (Å²) < 4.78 is 8.87. The molecule has 0 saturated heterocycles. The number of nitrogen functional groups attached to an aromatic ring is 1. The molecule has 0 spiro atoms. The monoisotopic (exact) mass is 474 g/mol. The van der Waals surface area contributed by atoms with Crippen molar-refractivity contribution >= 4 is 25.2 Å². The van der Waals surface area contributed by atoms with Gasteiger partial charge in [-0.3, -0.25) is 0 Å². The molecular formula is C29H40N3OSi. The molecule has 5 heteroatoms. The average Bonchev–Trinajstić information content (AvgIpc) is 3.20. The Labute approximate surface area is 207 Å². The molecule has 1 saturated carbocycles. The predicted octanol–water partition coefficient (Wildman–Crippen LogP) is 5.37. The largest absolute Gasteiger partial charge is 0.404 e. The minimum Gasteiger partial charge on any atom is -0.404 e. The van der Waals surface area contributed by atoms with E-state index in [1.807, 2.05) is 4.68 Å². The van der Waals surface area contributed by atoms with Gasteiger partial charge in [-0.15, -0.1) is 0 Å². The van der Waals surface area contributed by atoms with Crippen LogP contribution in [0.25, 0.3) is 0 Å². The van der Waals surface area contributed by atoms with Gasteiger partial charge in [0.2, 0.25) is 0 Å². The van der Waals surface area contributed by atoms with Crippen LogP contribution in [0.4, 0.5) is 5.82 Å². The zero-order chi connectivity index (χ0) is 24.5. The van der Waals surface area contributed by atoms with Crippen molar-refractivity contribution in [1.82, 2.24) is 9.78 Å². The van der Waals surface area contributed by atoms with E-state index in [0.29, 0.717) is 5.92 Å². The first kappa shape index (κ1) is 24.7. The maximum absolute atomic E-state index is 6.91. The minimum atomic E-state index is -1.30. The van der Waals surface area contributed by atoms with Gasteiger partial charge < -0.3 is 10.2 Å². The SMILES string of the molecule is CC(C)(C)c1ccc([Si](OC2CCC(c3cc(N)n(C(C)(C)C)n3)CC2)c2ccccc2)cc1. The van der Waals surface area contributed by atoms with Gasteiger partial charge in [0, 0.05) is 18.1 Å². The number of nitrogens with two attached hydrogens (primary N) is 1. The molecule has 1 radical (unpaired) electrons. The van der Waals surface area contributed by atoms with Crippen LogP contribution in [0.5, 0.6) is 0 Å². The molecular weight excluding hydrogens is 434 g/mol. The molecule has 1 aromatic heterocycles. The van der Waals surface area contributed by atoms with Crippen LogP contribution in [0.2, 0.25) is 0 Å². The maximum Gasteiger partial charge on any atom is 0.283 e. The lowest BCUT2D eigenvalue weighted by Crippen LogP contribution is -2.47. The second kappa shape index (κ2) is 9.71. The van der Waals surface area contributed by atoms with Crippen LogP contribution in [0.1, 0.15) is 84.4 Å². The molecule has 34 heavy (non-hydrogen) atoms. The zero-order valence-electron chi connectivity index (χ0n) is 21.6. The van der Waals surface area contributed by atoms with E-state index in [-0.39, 0.29) is 17.1 Å². The molecule has 0 atom stereocenters. The van der Waals surface area contributed by atoms with Crippen LogP contribution in [0, 0.1) is 0 Å². The number of hydrogen-bond acceptors (Lipinski definition) is 3. The first-order valence-electron chi connectivity index (χ1n) is 12.6. The summed E-state index contributed by atoms with van der Waals surface area (Å²) in [6.45, 7) is 13.2. The molecule has 1 heterocycles. The number of benzene rings is 2. The molecule has 1 fully saturated rings. The summed E-state index contributed by atoms with van der Waals surface area (Å²) in [5.41, 5.74) is 8.83. The summed E-state index contributed by atoms with van der Waals surface area (Å²) in [5, 5.41) is 7.51. The van der Waals surface area contributed by atoms with Gasteiger partial charge in [-0.2, -0.15) is 5.10 Å². The first-order chi connectivity index (χ1) is 16.0. The van der Waals surface area contributed by atoms with Gasteiger partial charge in [-0.05, 0) is 67.8 Å². The topological polar surface area (TPSA) is 53.1 Å². The average molecular weight is 475 g/mol. The van der Waals surface area contributed by atoms with Crippen LogP contribution in [-0.4, -0.2) is 24.9 Å². The molecule has 1 aliphatic carbocycles. The summed E-state index contributed by atoms with van der Waals surface area (Å²) in [4.78, 5) is 0. The van der Waals surface area contributed by atoms with E-state index < -0.39 is 9.04 Å². The highest BCUT2D eigenvalue weighted by atomic mass is 28.3. The Balaban J connectivity index is 1.47. The van der Waals surface area contributed by atoms with Crippen molar-refractivity contribution in [2.45, 2.75) is 90.2 Å². The van der Waals surface area contributed by atoms with Crippen LogP contribution in [0.3, 0.4) is 0 Å². The highest BCUT2D eigenvalue weighted by molar-refractivity contribution is 6.80. The summed E-state index contributed by atoms with van der Waals surface area (Å²) in [6, 6.07) is 22.0. The van der Waals surface area contributed by atoms with Crippen molar-refractivity contribution in [3.63, 3.8) is 0 Å². The minimum absolute atomic E-state index is 0.0990. The van der Waals surface area contributed by atoms with Crippen molar-refractivity contribution in [3.8, 4) is 0 Å². The third kappa shape index (κ3) is 5.64. The van der Waals surface area contributed by atoms with Crippen LogP contribution >= 0.6 is 0 Å². The Morgan fingerprint density at radius 2 is 1.44 bits per heavy atom. The summed E-state index contributed by atoms with van der Waals surface area (Å²) >= 11 is 0. The fourth-order valence-electron chi connectivity index (χ4n) is 4.81. The van der Waals surface area contributed by atoms with Gasteiger partial charge in [-0.1, -0.05) is 75.4 Å². The Morgan fingerprint density at radius 1 is 0.853 bits per heavy atom. The van der Waals surface area contributed by atoms with Gasteiger partial charge in [0.15, 0.2) is 0 Å². The van der Waals surface area contributed by atoms with E-state index >= 15 is 0 Å². The maximum atomic E-state index is 6.91. The molecule has 2 aromatic carbocycles. The molecule has 4 rings (SSSR count). The molecule has 181 valence electrons. The Hall–Kier alpha value is -2.37. The highest BCUT2D eigenvalue weighted by Gasteiger charge is 2.30. The van der Waals surface area contributed by atoms with Gasteiger partial charge in [0.25, 0.3) is 9.04 Å². The van der Waals surface area contributed by atoms with E-state index in [9.17, 15) is 0 Å². The number of anilines is 1. The number of hydrogen-bond donors (Lipinski definition) is 1. The number of aromatic nitrogens is 2. The van der Waals surface area contributed by atoms with Crippen molar-refractivity contribution in [2.24, 2.45) is 0 Å². The van der Waals surface area contributed by atoms with Crippen molar-refractivity contribution in [1.29, 1.82) is 0 Å².